The molecule has 2 rings (SSSR count). The van der Waals surface area contributed by atoms with Crippen molar-refractivity contribution in [2.24, 2.45) is 0 Å². The molecule has 0 fully saturated rings. The van der Waals surface area contributed by atoms with Gasteiger partial charge in [-0.3, -0.25) is 4.79 Å². The van der Waals surface area contributed by atoms with Gasteiger partial charge >= 0.3 is 0 Å². The van der Waals surface area contributed by atoms with Crippen LogP contribution in [0.15, 0.2) is 16.8 Å². The van der Waals surface area contributed by atoms with Crippen molar-refractivity contribution in [3.63, 3.8) is 0 Å². The van der Waals surface area contributed by atoms with Crippen molar-refractivity contribution in [1.29, 1.82) is 0 Å². The Morgan fingerprint density at radius 2 is 2.35 bits per heavy atom. The van der Waals surface area contributed by atoms with E-state index in [9.17, 15) is 4.79 Å². The van der Waals surface area contributed by atoms with Crippen LogP contribution >= 0.6 is 22.7 Å². The zero-order valence-corrected chi connectivity index (χ0v) is 12.6. The van der Waals surface area contributed by atoms with E-state index in [4.69, 9.17) is 5.11 Å². The molecule has 4 nitrogen and oxygen atoms in total. The molecule has 0 bridgehead atoms. The van der Waals surface area contributed by atoms with E-state index in [1.165, 1.54) is 11.3 Å². The van der Waals surface area contributed by atoms with E-state index in [0.717, 1.165) is 17.1 Å². The molecule has 0 spiro atoms. The first-order chi connectivity index (χ1) is 9.70. The van der Waals surface area contributed by atoms with Crippen LogP contribution in [0.5, 0.6) is 0 Å². The van der Waals surface area contributed by atoms with Crippen molar-refractivity contribution in [3.8, 4) is 11.8 Å². The van der Waals surface area contributed by atoms with Crippen LogP contribution in [0.3, 0.4) is 0 Å². The number of aryl methyl sites for hydroxylation is 1. The Bertz CT molecular complexity index is 649. The average molecular weight is 306 g/mol. The molecule has 2 heterocycles. The third-order valence-electron chi connectivity index (χ3n) is 2.51. The molecule has 2 N–H and O–H groups in total. The van der Waals surface area contributed by atoms with E-state index in [-0.39, 0.29) is 12.5 Å². The summed E-state index contributed by atoms with van der Waals surface area (Å²) in [7, 11) is 0. The molecule has 2 aromatic heterocycles. The summed E-state index contributed by atoms with van der Waals surface area (Å²) in [5.41, 5.74) is 1.66. The summed E-state index contributed by atoms with van der Waals surface area (Å²) in [6.07, 6.45) is 0.721. The van der Waals surface area contributed by atoms with Gasteiger partial charge in [0, 0.05) is 23.9 Å². The number of hydrogen-bond donors (Lipinski definition) is 2. The lowest BCUT2D eigenvalue weighted by molar-refractivity contribution is 0.0958. The fraction of sp³-hybridized carbons (Fsp3) is 0.286. The molecule has 20 heavy (non-hydrogen) atoms. The molecule has 0 saturated heterocycles. The highest BCUT2D eigenvalue weighted by Crippen LogP contribution is 2.15. The van der Waals surface area contributed by atoms with Crippen LogP contribution in [-0.2, 0) is 6.42 Å². The van der Waals surface area contributed by atoms with Crippen LogP contribution < -0.4 is 5.32 Å². The largest absolute Gasteiger partial charge is 0.384 e. The number of hydrogen-bond acceptors (Lipinski definition) is 5. The predicted molar refractivity (Wildman–Crippen MR) is 81.2 cm³/mol. The van der Waals surface area contributed by atoms with Crippen molar-refractivity contribution in [3.05, 3.63) is 38.0 Å². The average Bonchev–Trinajstić information content (AvgIpc) is 3.05. The monoisotopic (exact) mass is 306 g/mol. The number of nitrogens with zero attached hydrogens (tertiary/aromatic N) is 1. The summed E-state index contributed by atoms with van der Waals surface area (Å²) in [6.45, 7) is 2.30. The van der Waals surface area contributed by atoms with E-state index in [1.807, 2.05) is 17.7 Å². The highest BCUT2D eigenvalue weighted by atomic mass is 32.1. The van der Waals surface area contributed by atoms with Gasteiger partial charge in [-0.2, -0.15) is 0 Å². The number of carbonyl (C=O) groups excluding carboxylic acids is 1. The molecule has 6 heteroatoms. The van der Waals surface area contributed by atoms with Crippen molar-refractivity contribution >= 4 is 28.6 Å². The number of aliphatic hydroxyl groups is 1. The number of rotatable bonds is 4. The van der Waals surface area contributed by atoms with Gasteiger partial charge in [-0.25, -0.2) is 4.98 Å². The van der Waals surface area contributed by atoms with Gasteiger partial charge in [-0.1, -0.05) is 11.8 Å². The predicted octanol–water partition coefficient (Wildman–Crippen LogP) is 1.83. The lowest BCUT2D eigenvalue weighted by Gasteiger charge is -2.02. The molecule has 0 aliphatic rings. The normalized spacial score (nSPS) is 9.90. The molecule has 0 saturated carbocycles. The number of thiazole rings is 1. The number of amides is 1. The van der Waals surface area contributed by atoms with Crippen LogP contribution in [-0.4, -0.2) is 29.1 Å². The van der Waals surface area contributed by atoms with E-state index < -0.39 is 0 Å². The van der Waals surface area contributed by atoms with E-state index in [2.05, 4.69) is 22.1 Å². The summed E-state index contributed by atoms with van der Waals surface area (Å²) in [5, 5.41) is 16.4. The standard InChI is InChI=1S/C14H14N2O2S2/c1-10-16-12(9-20-10)4-6-15-14(18)13-11(3-2-7-17)5-8-19-13/h5,8-9,17H,4,6-7H2,1H3,(H,15,18). The van der Waals surface area contributed by atoms with Gasteiger partial charge in [0.2, 0.25) is 0 Å². The minimum absolute atomic E-state index is 0.130. The molecule has 0 aliphatic carbocycles. The maximum absolute atomic E-state index is 12.0. The summed E-state index contributed by atoms with van der Waals surface area (Å²) < 4.78 is 0. The Morgan fingerprint density at radius 3 is 3.05 bits per heavy atom. The fourth-order valence-corrected chi connectivity index (χ4v) is 3.04. The number of thiophene rings is 1. The molecule has 0 aromatic carbocycles. The molecular weight excluding hydrogens is 292 g/mol. The lowest BCUT2D eigenvalue weighted by Crippen LogP contribution is -2.25. The number of aromatic nitrogens is 1. The number of aliphatic hydroxyl groups excluding tert-OH is 1. The van der Waals surface area contributed by atoms with Crippen molar-refractivity contribution in [2.75, 3.05) is 13.2 Å². The molecular formula is C14H14N2O2S2. The number of nitrogens with one attached hydrogen (secondary N) is 1. The summed E-state index contributed by atoms with van der Waals surface area (Å²) in [6, 6.07) is 1.78. The van der Waals surface area contributed by atoms with Gasteiger partial charge in [0.05, 0.1) is 10.7 Å². The molecule has 1 amide bonds. The Kier molecular flexibility index (Phi) is 5.30. The van der Waals surface area contributed by atoms with Crippen LogP contribution in [0.2, 0.25) is 0 Å². The fourth-order valence-electron chi connectivity index (χ4n) is 1.63. The molecule has 104 valence electrons. The highest BCUT2D eigenvalue weighted by molar-refractivity contribution is 7.12. The zero-order valence-electron chi connectivity index (χ0n) is 11.0. The maximum atomic E-state index is 12.0. The van der Waals surface area contributed by atoms with Crippen molar-refractivity contribution in [1.82, 2.24) is 10.3 Å². The van der Waals surface area contributed by atoms with Crippen LogP contribution in [0.1, 0.15) is 25.9 Å². The minimum atomic E-state index is -0.208. The Labute approximate surface area is 125 Å². The van der Waals surface area contributed by atoms with Gasteiger partial charge in [0.25, 0.3) is 5.91 Å². The molecule has 0 aliphatic heterocycles. The van der Waals surface area contributed by atoms with Gasteiger partial charge in [-0.15, -0.1) is 22.7 Å². The SMILES string of the molecule is Cc1nc(CCNC(=O)c2sccc2C#CCO)cs1. The zero-order chi connectivity index (χ0) is 14.4. The smallest absolute Gasteiger partial charge is 0.262 e. The second-order valence-electron chi connectivity index (χ2n) is 3.99. The highest BCUT2D eigenvalue weighted by Gasteiger charge is 2.11. The van der Waals surface area contributed by atoms with E-state index >= 15 is 0 Å². The van der Waals surface area contributed by atoms with Gasteiger partial charge < -0.3 is 10.4 Å². The molecule has 0 atom stereocenters. The molecule has 0 unspecified atom stereocenters. The summed E-state index contributed by atoms with van der Waals surface area (Å²) in [4.78, 5) is 17.0. The third-order valence-corrected chi connectivity index (χ3v) is 4.24. The third kappa shape index (κ3) is 3.90. The second kappa shape index (κ2) is 7.20. The van der Waals surface area contributed by atoms with Gasteiger partial charge in [0.15, 0.2) is 0 Å². The lowest BCUT2D eigenvalue weighted by atomic mass is 10.2. The van der Waals surface area contributed by atoms with Crippen molar-refractivity contribution in [2.45, 2.75) is 13.3 Å². The maximum Gasteiger partial charge on any atom is 0.262 e. The Hall–Kier alpha value is -1.68. The van der Waals surface area contributed by atoms with Crippen LogP contribution in [0.25, 0.3) is 0 Å². The minimum Gasteiger partial charge on any atom is -0.384 e. The van der Waals surface area contributed by atoms with E-state index in [0.29, 0.717) is 17.0 Å². The van der Waals surface area contributed by atoms with Crippen molar-refractivity contribution < 1.29 is 9.90 Å². The van der Waals surface area contributed by atoms with Crippen LogP contribution in [0, 0.1) is 18.8 Å². The second-order valence-corrected chi connectivity index (χ2v) is 5.97. The number of carbonyl (C=O) groups is 1. The molecule has 2 aromatic rings. The summed E-state index contributed by atoms with van der Waals surface area (Å²) >= 11 is 2.96. The first kappa shape index (κ1) is 14.7. The van der Waals surface area contributed by atoms with Gasteiger partial charge in [-0.05, 0) is 18.4 Å². The van der Waals surface area contributed by atoms with E-state index in [1.54, 1.807) is 17.4 Å². The summed E-state index contributed by atoms with van der Waals surface area (Å²) in [5.74, 6) is 5.20. The molecule has 0 radical (unpaired) electrons. The topological polar surface area (TPSA) is 62.2 Å². The first-order valence-electron chi connectivity index (χ1n) is 6.07. The Morgan fingerprint density at radius 1 is 1.50 bits per heavy atom. The first-order valence-corrected chi connectivity index (χ1v) is 7.83. The quantitative estimate of drug-likeness (QED) is 0.847. The van der Waals surface area contributed by atoms with Crippen LogP contribution in [0.4, 0.5) is 0 Å². The Balaban J connectivity index is 1.90. The van der Waals surface area contributed by atoms with Gasteiger partial charge in [0.1, 0.15) is 11.5 Å².